The number of anilines is 1. The van der Waals surface area contributed by atoms with Crippen LogP contribution in [0.15, 0.2) is 77.7 Å². The Morgan fingerprint density at radius 3 is 2.15 bits per heavy atom. The molecule has 3 rings (SSSR count). The highest BCUT2D eigenvalue weighted by molar-refractivity contribution is 7.92. The summed E-state index contributed by atoms with van der Waals surface area (Å²) in [4.78, 5) is 28.2. The number of carbonyl (C=O) groups excluding carboxylic acids is 2. The summed E-state index contributed by atoms with van der Waals surface area (Å²) in [5.74, 6) is -1.44. The number of amides is 2. The lowest BCUT2D eigenvalue weighted by Gasteiger charge is -2.32. The first-order valence-corrected chi connectivity index (χ1v) is 14.4. The highest BCUT2D eigenvalue weighted by Gasteiger charge is 2.32. The summed E-state index contributed by atoms with van der Waals surface area (Å²) in [6.45, 7) is 8.84. The smallest absolute Gasteiger partial charge is 0.264 e. The number of hydrogen-bond donors (Lipinski definition) is 1. The molecular weight excluding hydrogens is 517 g/mol. The second kappa shape index (κ2) is 12.9. The Morgan fingerprint density at radius 1 is 0.923 bits per heavy atom. The standard InChI is InChI=1S/C30H36FN3O4S/c1-6-23(4)32-30(36)24(5)33(19-25-9-7-8-22(3)18-25)29(35)20-34(27-14-10-21(2)11-15-27)39(37,38)28-16-12-26(31)13-17-28/h7-18,23-24H,6,19-20H2,1-5H3,(H,32,36)/t23-,24-/m0/s1. The maximum atomic E-state index is 13.9. The summed E-state index contributed by atoms with van der Waals surface area (Å²) in [6, 6.07) is 17.8. The zero-order valence-corrected chi connectivity index (χ0v) is 23.8. The topological polar surface area (TPSA) is 86.8 Å². The van der Waals surface area contributed by atoms with Gasteiger partial charge in [0.15, 0.2) is 0 Å². The van der Waals surface area contributed by atoms with Crippen LogP contribution in [0.1, 0.15) is 43.9 Å². The Labute approximate surface area is 230 Å². The van der Waals surface area contributed by atoms with Gasteiger partial charge in [0, 0.05) is 12.6 Å². The van der Waals surface area contributed by atoms with Crippen LogP contribution in [0.3, 0.4) is 0 Å². The average molecular weight is 554 g/mol. The summed E-state index contributed by atoms with van der Waals surface area (Å²) in [5.41, 5.74) is 3.01. The molecule has 0 saturated heterocycles. The molecule has 9 heteroatoms. The van der Waals surface area contributed by atoms with Gasteiger partial charge < -0.3 is 10.2 Å². The summed E-state index contributed by atoms with van der Waals surface area (Å²) in [7, 11) is -4.24. The molecule has 2 amide bonds. The second-order valence-electron chi connectivity index (χ2n) is 9.81. The molecule has 1 N–H and O–H groups in total. The molecule has 0 aliphatic heterocycles. The van der Waals surface area contributed by atoms with E-state index in [2.05, 4.69) is 5.32 Å². The van der Waals surface area contributed by atoms with E-state index in [1.165, 1.54) is 17.0 Å². The lowest BCUT2D eigenvalue weighted by molar-refractivity contribution is -0.139. The molecule has 0 bridgehead atoms. The molecule has 0 saturated carbocycles. The van der Waals surface area contributed by atoms with Crippen LogP contribution in [0, 0.1) is 19.7 Å². The number of sulfonamides is 1. The van der Waals surface area contributed by atoms with Crippen LogP contribution in [-0.2, 0) is 26.2 Å². The molecule has 0 heterocycles. The Morgan fingerprint density at radius 2 is 1.56 bits per heavy atom. The molecule has 0 aromatic heterocycles. The van der Waals surface area contributed by atoms with Gasteiger partial charge in [-0.25, -0.2) is 12.8 Å². The maximum Gasteiger partial charge on any atom is 0.264 e. The highest BCUT2D eigenvalue weighted by Crippen LogP contribution is 2.25. The third-order valence-electron chi connectivity index (χ3n) is 6.61. The number of nitrogens with zero attached hydrogens (tertiary/aromatic N) is 2. The number of aryl methyl sites for hydroxylation is 2. The van der Waals surface area contributed by atoms with E-state index in [0.717, 1.165) is 39.5 Å². The predicted molar refractivity (Wildman–Crippen MR) is 151 cm³/mol. The lowest BCUT2D eigenvalue weighted by atomic mass is 10.1. The SMILES string of the molecule is CC[C@H](C)NC(=O)[C@H](C)N(Cc1cccc(C)c1)C(=O)CN(c1ccc(C)cc1)S(=O)(=O)c1ccc(F)cc1. The fraction of sp³-hybridized carbons (Fsp3) is 0.333. The van der Waals surface area contributed by atoms with Crippen LogP contribution in [-0.4, -0.2) is 43.8 Å². The number of carbonyl (C=O) groups is 2. The van der Waals surface area contributed by atoms with Crippen molar-refractivity contribution in [2.75, 3.05) is 10.8 Å². The van der Waals surface area contributed by atoms with Crippen molar-refractivity contribution in [3.8, 4) is 0 Å². The average Bonchev–Trinajstić information content (AvgIpc) is 2.90. The van der Waals surface area contributed by atoms with Gasteiger partial charge in [0.25, 0.3) is 10.0 Å². The Hall–Kier alpha value is -3.72. The van der Waals surface area contributed by atoms with Gasteiger partial charge in [-0.15, -0.1) is 0 Å². The van der Waals surface area contributed by atoms with Crippen LogP contribution < -0.4 is 9.62 Å². The zero-order valence-electron chi connectivity index (χ0n) is 23.0. The Balaban J connectivity index is 2.02. The normalized spacial score (nSPS) is 12.9. The molecule has 7 nitrogen and oxygen atoms in total. The van der Waals surface area contributed by atoms with Crippen molar-refractivity contribution in [1.29, 1.82) is 0 Å². The van der Waals surface area contributed by atoms with Gasteiger partial charge in [-0.3, -0.25) is 13.9 Å². The molecular formula is C30H36FN3O4S. The van der Waals surface area contributed by atoms with E-state index in [0.29, 0.717) is 0 Å². The minimum Gasteiger partial charge on any atom is -0.352 e. The predicted octanol–water partition coefficient (Wildman–Crippen LogP) is 4.97. The molecule has 0 fully saturated rings. The fourth-order valence-electron chi connectivity index (χ4n) is 4.03. The van der Waals surface area contributed by atoms with E-state index in [9.17, 15) is 22.4 Å². The molecule has 0 aliphatic carbocycles. The molecule has 0 aliphatic rings. The molecule has 208 valence electrons. The van der Waals surface area contributed by atoms with Crippen molar-refractivity contribution >= 4 is 27.5 Å². The van der Waals surface area contributed by atoms with Gasteiger partial charge in [-0.05, 0) is 76.1 Å². The highest BCUT2D eigenvalue weighted by atomic mass is 32.2. The molecule has 0 spiro atoms. The van der Waals surface area contributed by atoms with Gasteiger partial charge in [0.2, 0.25) is 11.8 Å². The Bertz CT molecular complexity index is 1390. The molecule has 39 heavy (non-hydrogen) atoms. The van der Waals surface area contributed by atoms with Crippen molar-refractivity contribution in [3.05, 3.63) is 95.3 Å². The summed E-state index contributed by atoms with van der Waals surface area (Å²) >= 11 is 0. The van der Waals surface area contributed by atoms with Crippen LogP contribution in [0.25, 0.3) is 0 Å². The van der Waals surface area contributed by atoms with E-state index in [-0.39, 0.29) is 29.1 Å². The van der Waals surface area contributed by atoms with Crippen molar-refractivity contribution in [1.82, 2.24) is 10.2 Å². The van der Waals surface area contributed by atoms with Gasteiger partial charge in [0.1, 0.15) is 18.4 Å². The molecule has 0 radical (unpaired) electrons. The van der Waals surface area contributed by atoms with Crippen molar-refractivity contribution < 1.29 is 22.4 Å². The zero-order chi connectivity index (χ0) is 28.7. The Kier molecular flexibility index (Phi) is 9.86. The van der Waals surface area contributed by atoms with Crippen LogP contribution in [0.2, 0.25) is 0 Å². The molecule has 3 aromatic rings. The quantitative estimate of drug-likeness (QED) is 0.363. The first kappa shape index (κ1) is 29.8. The van der Waals surface area contributed by atoms with Crippen LogP contribution >= 0.6 is 0 Å². The number of benzene rings is 3. The van der Waals surface area contributed by atoms with E-state index in [1.54, 1.807) is 31.2 Å². The summed E-state index contributed by atoms with van der Waals surface area (Å²) < 4.78 is 42.0. The first-order chi connectivity index (χ1) is 18.4. The third kappa shape index (κ3) is 7.66. The van der Waals surface area contributed by atoms with Crippen molar-refractivity contribution in [2.45, 2.75) is 64.6 Å². The van der Waals surface area contributed by atoms with Crippen molar-refractivity contribution in [3.63, 3.8) is 0 Å². The van der Waals surface area contributed by atoms with Crippen molar-refractivity contribution in [2.24, 2.45) is 0 Å². The maximum absolute atomic E-state index is 13.9. The largest absolute Gasteiger partial charge is 0.352 e. The minimum absolute atomic E-state index is 0.0845. The van der Waals surface area contributed by atoms with E-state index in [1.807, 2.05) is 52.0 Å². The number of rotatable bonds is 11. The molecule has 0 unspecified atom stereocenters. The fourth-order valence-corrected chi connectivity index (χ4v) is 5.44. The molecule has 3 aromatic carbocycles. The van der Waals surface area contributed by atoms with Gasteiger partial charge in [-0.1, -0.05) is 54.4 Å². The van der Waals surface area contributed by atoms with Gasteiger partial charge >= 0.3 is 0 Å². The monoisotopic (exact) mass is 553 g/mol. The van der Waals surface area contributed by atoms with Gasteiger partial charge in [0.05, 0.1) is 10.6 Å². The summed E-state index contributed by atoms with van der Waals surface area (Å²) in [6.07, 6.45) is 0.724. The first-order valence-electron chi connectivity index (χ1n) is 12.9. The molecule has 2 atom stereocenters. The van der Waals surface area contributed by atoms with Gasteiger partial charge in [-0.2, -0.15) is 0 Å². The van der Waals surface area contributed by atoms with E-state index in [4.69, 9.17) is 0 Å². The number of halogens is 1. The van der Waals surface area contributed by atoms with Crippen LogP contribution in [0.4, 0.5) is 10.1 Å². The lowest BCUT2D eigenvalue weighted by Crippen LogP contribution is -2.52. The van der Waals surface area contributed by atoms with E-state index < -0.39 is 34.3 Å². The minimum atomic E-state index is -4.24. The number of nitrogens with one attached hydrogen (secondary N) is 1. The third-order valence-corrected chi connectivity index (χ3v) is 8.39. The summed E-state index contributed by atoms with van der Waals surface area (Å²) in [5, 5.41) is 2.91. The number of hydrogen-bond acceptors (Lipinski definition) is 4. The van der Waals surface area contributed by atoms with Crippen LogP contribution in [0.5, 0.6) is 0 Å². The second-order valence-corrected chi connectivity index (χ2v) is 11.7. The van der Waals surface area contributed by atoms with E-state index >= 15 is 0 Å².